The Labute approximate surface area is 249 Å². The number of aromatic nitrogens is 2. The molecule has 1 aliphatic carbocycles. The van der Waals surface area contributed by atoms with Gasteiger partial charge in [-0.25, -0.2) is 0 Å². The van der Waals surface area contributed by atoms with E-state index in [2.05, 4.69) is 144 Å². The summed E-state index contributed by atoms with van der Waals surface area (Å²) in [5.74, 6) is 0. The molecule has 0 unspecified atom stereocenters. The zero-order chi connectivity index (χ0) is 28.9. The molecule has 0 atom stereocenters. The van der Waals surface area contributed by atoms with E-state index in [0.717, 1.165) is 11.4 Å². The van der Waals surface area contributed by atoms with Crippen molar-refractivity contribution in [2.45, 2.75) is 19.3 Å². The van der Waals surface area contributed by atoms with Gasteiger partial charge in [-0.1, -0.05) is 92.7 Å². The van der Waals surface area contributed by atoms with Gasteiger partial charge in [-0.2, -0.15) is 5.26 Å². The molecule has 0 radical (unpaired) electrons. The van der Waals surface area contributed by atoms with Crippen LogP contribution in [0.5, 0.6) is 0 Å². The van der Waals surface area contributed by atoms with Crippen molar-refractivity contribution >= 4 is 43.6 Å². The fourth-order valence-electron chi connectivity index (χ4n) is 7.76. The third-order valence-corrected chi connectivity index (χ3v) is 9.49. The minimum Gasteiger partial charge on any atom is -0.309 e. The molecule has 1 aliphatic rings. The summed E-state index contributed by atoms with van der Waals surface area (Å²) >= 11 is 0. The van der Waals surface area contributed by atoms with Crippen LogP contribution in [0, 0.1) is 11.3 Å². The van der Waals surface area contributed by atoms with Crippen molar-refractivity contribution in [1.82, 2.24) is 9.13 Å². The van der Waals surface area contributed by atoms with E-state index in [0.29, 0.717) is 5.56 Å². The molecule has 0 bridgehead atoms. The van der Waals surface area contributed by atoms with Crippen LogP contribution in [0.4, 0.5) is 0 Å². The molecular formula is C40H27N3. The standard InChI is InChI=1S/C40H27N3/c1-40(2)31-17-9-6-14-28(31)34-37(40)35-29-15-7-10-18-32(29)43(27-22-20-25(24-41)21-23-27)39(35)36-30-16-8-11-19-33(30)42(38(34)36)26-12-4-3-5-13-26/h3-23H,1-2H3. The Morgan fingerprint density at radius 1 is 0.558 bits per heavy atom. The Hall–Kier alpha value is -5.59. The minimum atomic E-state index is -0.212. The maximum Gasteiger partial charge on any atom is 0.0991 e. The van der Waals surface area contributed by atoms with Gasteiger partial charge in [0.05, 0.1) is 33.7 Å². The van der Waals surface area contributed by atoms with E-state index in [1.807, 2.05) is 12.1 Å². The molecule has 2 aromatic heterocycles. The average molecular weight is 550 g/mol. The predicted octanol–water partition coefficient (Wildman–Crippen LogP) is 10.1. The normalized spacial score (nSPS) is 13.5. The summed E-state index contributed by atoms with van der Waals surface area (Å²) < 4.78 is 4.90. The van der Waals surface area contributed by atoms with Gasteiger partial charge in [0, 0.05) is 43.9 Å². The van der Waals surface area contributed by atoms with Crippen molar-refractivity contribution in [2.75, 3.05) is 0 Å². The van der Waals surface area contributed by atoms with E-state index in [1.165, 1.54) is 65.9 Å². The summed E-state index contributed by atoms with van der Waals surface area (Å²) in [5, 5.41) is 14.6. The molecule has 0 aliphatic heterocycles. The SMILES string of the molecule is CC1(C)c2ccccc2-c2c1c1c3ccccc3n(-c3ccc(C#N)cc3)c1c1c3ccccc3n(-c3ccccc3)c21. The van der Waals surface area contributed by atoms with Gasteiger partial charge in [0.1, 0.15) is 0 Å². The number of nitrogens with zero attached hydrogens (tertiary/aromatic N) is 3. The van der Waals surface area contributed by atoms with Gasteiger partial charge < -0.3 is 9.13 Å². The number of para-hydroxylation sites is 3. The fraction of sp³-hybridized carbons (Fsp3) is 0.0750. The summed E-state index contributed by atoms with van der Waals surface area (Å²) in [6.07, 6.45) is 0. The average Bonchev–Trinajstić information content (AvgIpc) is 3.65. The smallest absolute Gasteiger partial charge is 0.0991 e. The summed E-state index contributed by atoms with van der Waals surface area (Å²) in [5.41, 5.74) is 12.8. The summed E-state index contributed by atoms with van der Waals surface area (Å²) in [7, 11) is 0. The minimum absolute atomic E-state index is 0.212. The first-order valence-corrected chi connectivity index (χ1v) is 14.8. The van der Waals surface area contributed by atoms with Crippen LogP contribution in [0.2, 0.25) is 0 Å². The third kappa shape index (κ3) is 3.02. The van der Waals surface area contributed by atoms with Crippen LogP contribution in [-0.2, 0) is 5.41 Å². The van der Waals surface area contributed by atoms with Crippen molar-refractivity contribution in [3.05, 3.63) is 144 Å². The van der Waals surface area contributed by atoms with Crippen molar-refractivity contribution in [1.29, 1.82) is 5.26 Å². The maximum absolute atomic E-state index is 9.56. The molecule has 0 fully saturated rings. The van der Waals surface area contributed by atoms with Crippen LogP contribution in [0.3, 0.4) is 0 Å². The molecule has 3 nitrogen and oxygen atoms in total. The van der Waals surface area contributed by atoms with Gasteiger partial charge in [-0.05, 0) is 65.2 Å². The molecule has 0 saturated carbocycles. The molecule has 0 N–H and O–H groups in total. The van der Waals surface area contributed by atoms with E-state index < -0.39 is 0 Å². The number of fused-ring (bicyclic) bond motifs is 12. The second-order valence-electron chi connectivity index (χ2n) is 12.1. The topological polar surface area (TPSA) is 33.6 Å². The first kappa shape index (κ1) is 24.1. The molecule has 202 valence electrons. The zero-order valence-corrected chi connectivity index (χ0v) is 24.0. The van der Waals surface area contributed by atoms with Gasteiger partial charge >= 0.3 is 0 Å². The monoisotopic (exact) mass is 549 g/mol. The molecule has 2 heterocycles. The lowest BCUT2D eigenvalue weighted by atomic mass is 9.80. The largest absolute Gasteiger partial charge is 0.309 e. The van der Waals surface area contributed by atoms with E-state index in [-0.39, 0.29) is 5.41 Å². The number of hydrogen-bond donors (Lipinski definition) is 0. The highest BCUT2D eigenvalue weighted by molar-refractivity contribution is 6.31. The molecule has 8 aromatic rings. The zero-order valence-electron chi connectivity index (χ0n) is 24.0. The molecule has 43 heavy (non-hydrogen) atoms. The van der Waals surface area contributed by atoms with Gasteiger partial charge in [0.15, 0.2) is 0 Å². The Morgan fingerprint density at radius 3 is 1.81 bits per heavy atom. The summed E-state index contributed by atoms with van der Waals surface area (Å²) in [4.78, 5) is 0. The first-order chi connectivity index (χ1) is 21.1. The molecule has 0 spiro atoms. The van der Waals surface area contributed by atoms with Crippen molar-refractivity contribution < 1.29 is 0 Å². The second-order valence-corrected chi connectivity index (χ2v) is 12.1. The van der Waals surface area contributed by atoms with E-state index in [4.69, 9.17) is 0 Å². The highest BCUT2D eigenvalue weighted by Crippen LogP contribution is 2.58. The number of rotatable bonds is 2. The summed E-state index contributed by atoms with van der Waals surface area (Å²) in [6, 6.07) is 47.7. The molecule has 9 rings (SSSR count). The Kier molecular flexibility index (Phi) is 4.74. The molecule has 3 heteroatoms. The van der Waals surface area contributed by atoms with Crippen molar-refractivity contribution in [2.24, 2.45) is 0 Å². The van der Waals surface area contributed by atoms with Gasteiger partial charge in [0.2, 0.25) is 0 Å². The van der Waals surface area contributed by atoms with Crippen LogP contribution in [0.15, 0.2) is 127 Å². The molecule has 6 aromatic carbocycles. The quantitative estimate of drug-likeness (QED) is 0.211. The van der Waals surface area contributed by atoms with Crippen LogP contribution in [0.25, 0.3) is 66.1 Å². The second kappa shape index (κ2) is 8.47. The van der Waals surface area contributed by atoms with Crippen LogP contribution in [-0.4, -0.2) is 9.13 Å². The predicted molar refractivity (Wildman–Crippen MR) is 177 cm³/mol. The van der Waals surface area contributed by atoms with Crippen molar-refractivity contribution in [3.63, 3.8) is 0 Å². The van der Waals surface area contributed by atoms with E-state index in [9.17, 15) is 5.26 Å². The van der Waals surface area contributed by atoms with Gasteiger partial charge in [0.25, 0.3) is 0 Å². The van der Waals surface area contributed by atoms with Crippen LogP contribution in [0.1, 0.15) is 30.5 Å². The van der Waals surface area contributed by atoms with Gasteiger partial charge in [-0.15, -0.1) is 0 Å². The van der Waals surface area contributed by atoms with Crippen LogP contribution < -0.4 is 0 Å². The lowest BCUT2D eigenvalue weighted by Crippen LogP contribution is -2.15. The third-order valence-electron chi connectivity index (χ3n) is 9.49. The maximum atomic E-state index is 9.56. The van der Waals surface area contributed by atoms with Crippen LogP contribution >= 0.6 is 0 Å². The number of hydrogen-bond acceptors (Lipinski definition) is 1. The van der Waals surface area contributed by atoms with Crippen molar-refractivity contribution in [3.8, 4) is 28.6 Å². The van der Waals surface area contributed by atoms with E-state index >= 15 is 0 Å². The lowest BCUT2D eigenvalue weighted by molar-refractivity contribution is 0.667. The Morgan fingerprint density at radius 2 is 1.12 bits per heavy atom. The summed E-state index contributed by atoms with van der Waals surface area (Å²) in [6.45, 7) is 4.76. The first-order valence-electron chi connectivity index (χ1n) is 14.8. The molecule has 0 amide bonds. The lowest BCUT2D eigenvalue weighted by Gasteiger charge is -2.23. The number of nitriles is 1. The Balaban J connectivity index is 1.64. The highest BCUT2D eigenvalue weighted by atomic mass is 15.0. The fourth-order valence-corrected chi connectivity index (χ4v) is 7.76. The highest BCUT2D eigenvalue weighted by Gasteiger charge is 2.41. The number of benzene rings is 6. The molecular weight excluding hydrogens is 522 g/mol. The van der Waals surface area contributed by atoms with E-state index in [1.54, 1.807) is 0 Å². The Bertz CT molecular complexity index is 2470. The van der Waals surface area contributed by atoms with Gasteiger partial charge in [-0.3, -0.25) is 0 Å². The molecule has 0 saturated heterocycles.